The van der Waals surface area contributed by atoms with Gasteiger partial charge in [0.15, 0.2) is 5.60 Å². The average Bonchev–Trinajstić information content (AvgIpc) is 3.20. The third kappa shape index (κ3) is 3.91. The van der Waals surface area contributed by atoms with Gasteiger partial charge >= 0.3 is 11.9 Å². The van der Waals surface area contributed by atoms with Crippen LogP contribution in [0.3, 0.4) is 0 Å². The molecule has 39 heavy (non-hydrogen) atoms. The molecule has 4 aromatic carbocycles. The molecular formula is C30H21NO8. The summed E-state index contributed by atoms with van der Waals surface area (Å²) in [4.78, 5) is 38.2. The quantitative estimate of drug-likeness (QED) is 0.287. The minimum atomic E-state index is -1.46. The number of fused-ring (bicyclic) bond motifs is 6. The topological polar surface area (TPSA) is 142 Å². The summed E-state index contributed by atoms with van der Waals surface area (Å²) in [5, 5.41) is 32.3. The monoisotopic (exact) mass is 523 g/mol. The maximum Gasteiger partial charge on any atom is 0.340 e. The van der Waals surface area contributed by atoms with Gasteiger partial charge in [-0.1, -0.05) is 36.4 Å². The lowest BCUT2D eigenvalue weighted by molar-refractivity contribution is -0.139. The number of hydrogen-bond acceptors (Lipinski definition) is 7. The lowest BCUT2D eigenvalue weighted by Gasteiger charge is -2.36. The third-order valence-corrected chi connectivity index (χ3v) is 6.92. The van der Waals surface area contributed by atoms with Crippen molar-refractivity contribution in [1.29, 1.82) is 0 Å². The molecule has 9 nitrogen and oxygen atoms in total. The Kier molecular flexibility index (Phi) is 5.50. The maximum atomic E-state index is 13.3. The molecule has 0 unspecified atom stereocenters. The molecule has 4 aromatic rings. The fourth-order valence-electron chi connectivity index (χ4n) is 5.14. The van der Waals surface area contributed by atoms with Gasteiger partial charge in [0.25, 0.3) is 5.91 Å². The first-order chi connectivity index (χ1) is 18.8. The molecule has 4 N–H and O–H groups in total. The second kappa shape index (κ2) is 8.91. The number of carboxylic acids is 1. The summed E-state index contributed by atoms with van der Waals surface area (Å²) in [6.45, 7) is 0. The van der Waals surface area contributed by atoms with Gasteiger partial charge in [-0.05, 0) is 42.0 Å². The van der Waals surface area contributed by atoms with Gasteiger partial charge in [0.1, 0.15) is 29.0 Å². The zero-order valence-corrected chi connectivity index (χ0v) is 20.3. The van der Waals surface area contributed by atoms with Crippen LogP contribution in [-0.4, -0.2) is 39.2 Å². The molecule has 2 aliphatic heterocycles. The highest BCUT2D eigenvalue weighted by Gasteiger charge is 2.53. The van der Waals surface area contributed by atoms with Crippen molar-refractivity contribution >= 4 is 17.8 Å². The SMILES string of the molecule is O=C(N[C@@H](Cc1ccccc1)C(=O)O)c1ccc2c(c1)C(=O)OC21c2ccc(O)cc2Oc2cc(O)ccc21. The highest BCUT2D eigenvalue weighted by molar-refractivity contribution is 6.02. The van der Waals surface area contributed by atoms with Crippen LogP contribution in [-0.2, 0) is 21.6 Å². The van der Waals surface area contributed by atoms with Crippen molar-refractivity contribution in [3.8, 4) is 23.0 Å². The van der Waals surface area contributed by atoms with Crippen LogP contribution in [0.2, 0.25) is 0 Å². The van der Waals surface area contributed by atoms with Crippen molar-refractivity contribution < 1.29 is 39.2 Å². The first-order valence-corrected chi connectivity index (χ1v) is 12.1. The summed E-state index contributed by atoms with van der Waals surface area (Å²) in [6, 6.07) is 21.0. The van der Waals surface area contributed by atoms with E-state index in [4.69, 9.17) is 9.47 Å². The van der Waals surface area contributed by atoms with Crippen LogP contribution in [0.5, 0.6) is 23.0 Å². The molecule has 1 amide bonds. The van der Waals surface area contributed by atoms with Crippen molar-refractivity contribution in [1.82, 2.24) is 5.32 Å². The summed E-state index contributed by atoms with van der Waals surface area (Å²) in [5.41, 5.74) is 0.850. The Bertz CT molecular complexity index is 1610. The molecule has 0 aliphatic carbocycles. The van der Waals surface area contributed by atoms with E-state index in [0.717, 1.165) is 5.56 Å². The highest BCUT2D eigenvalue weighted by atomic mass is 16.6. The molecule has 2 aliphatic rings. The largest absolute Gasteiger partial charge is 0.508 e. The number of benzene rings is 4. The van der Waals surface area contributed by atoms with Crippen LogP contribution in [0.4, 0.5) is 0 Å². The molecule has 0 radical (unpaired) electrons. The van der Waals surface area contributed by atoms with Crippen LogP contribution in [0.25, 0.3) is 0 Å². The summed E-state index contributed by atoms with van der Waals surface area (Å²) < 4.78 is 11.9. The van der Waals surface area contributed by atoms with E-state index in [1.165, 1.54) is 36.4 Å². The average molecular weight is 523 g/mol. The van der Waals surface area contributed by atoms with Gasteiger partial charge < -0.3 is 30.1 Å². The number of phenolic OH excluding ortho intramolecular Hbond substituents is 2. The van der Waals surface area contributed by atoms with Gasteiger partial charge in [0.2, 0.25) is 0 Å². The van der Waals surface area contributed by atoms with Crippen molar-refractivity contribution in [2.75, 3.05) is 0 Å². The van der Waals surface area contributed by atoms with Crippen molar-refractivity contribution in [3.05, 3.63) is 118 Å². The number of nitrogens with one attached hydrogen (secondary N) is 1. The fourth-order valence-corrected chi connectivity index (χ4v) is 5.14. The molecule has 0 saturated heterocycles. The number of aromatic hydroxyl groups is 2. The highest BCUT2D eigenvalue weighted by Crippen LogP contribution is 2.57. The van der Waals surface area contributed by atoms with E-state index in [1.807, 2.05) is 6.07 Å². The number of rotatable bonds is 5. The Morgan fingerprint density at radius 1 is 0.821 bits per heavy atom. The fraction of sp³-hybridized carbons (Fsp3) is 0.100. The minimum Gasteiger partial charge on any atom is -0.508 e. The van der Waals surface area contributed by atoms with E-state index in [-0.39, 0.29) is 40.5 Å². The zero-order chi connectivity index (χ0) is 27.3. The number of carbonyl (C=O) groups excluding carboxylic acids is 2. The number of hydrogen-bond donors (Lipinski definition) is 4. The van der Waals surface area contributed by atoms with Gasteiger partial charge in [0, 0.05) is 40.8 Å². The van der Waals surface area contributed by atoms with Gasteiger partial charge in [-0.2, -0.15) is 0 Å². The molecule has 0 aromatic heterocycles. The zero-order valence-electron chi connectivity index (χ0n) is 20.3. The Morgan fingerprint density at radius 2 is 1.44 bits per heavy atom. The third-order valence-electron chi connectivity index (χ3n) is 6.92. The first-order valence-electron chi connectivity index (χ1n) is 12.1. The summed E-state index contributed by atoms with van der Waals surface area (Å²) in [7, 11) is 0. The molecule has 0 bridgehead atoms. The molecule has 1 atom stereocenters. The Balaban J connectivity index is 1.40. The normalized spacial score (nSPS) is 14.8. The molecule has 6 rings (SSSR count). The van der Waals surface area contributed by atoms with Crippen LogP contribution >= 0.6 is 0 Å². The van der Waals surface area contributed by atoms with Crippen LogP contribution in [0.1, 0.15) is 43.0 Å². The van der Waals surface area contributed by atoms with E-state index < -0.39 is 29.5 Å². The molecule has 0 fully saturated rings. The maximum absolute atomic E-state index is 13.3. The number of phenols is 2. The van der Waals surface area contributed by atoms with E-state index in [2.05, 4.69) is 5.32 Å². The van der Waals surface area contributed by atoms with Crippen molar-refractivity contribution in [3.63, 3.8) is 0 Å². The van der Waals surface area contributed by atoms with Crippen molar-refractivity contribution in [2.45, 2.75) is 18.1 Å². The second-order valence-corrected chi connectivity index (χ2v) is 9.35. The smallest absolute Gasteiger partial charge is 0.340 e. The van der Waals surface area contributed by atoms with Gasteiger partial charge in [-0.25, -0.2) is 9.59 Å². The Hall–Kier alpha value is -5.31. The Labute approximate surface area is 221 Å². The molecule has 0 saturated carbocycles. The number of amides is 1. The lowest BCUT2D eigenvalue weighted by Crippen LogP contribution is -2.42. The molecule has 2 heterocycles. The van der Waals surface area contributed by atoms with E-state index in [0.29, 0.717) is 16.7 Å². The Morgan fingerprint density at radius 3 is 2.05 bits per heavy atom. The van der Waals surface area contributed by atoms with E-state index in [1.54, 1.807) is 42.5 Å². The van der Waals surface area contributed by atoms with Crippen molar-refractivity contribution in [2.24, 2.45) is 0 Å². The van der Waals surface area contributed by atoms with E-state index >= 15 is 0 Å². The number of ether oxygens (including phenoxy) is 2. The number of aliphatic carboxylic acids is 1. The predicted molar refractivity (Wildman–Crippen MR) is 137 cm³/mol. The number of esters is 1. The van der Waals surface area contributed by atoms with E-state index in [9.17, 15) is 29.7 Å². The van der Waals surface area contributed by atoms with Crippen LogP contribution in [0, 0.1) is 0 Å². The predicted octanol–water partition coefficient (Wildman–Crippen LogP) is 4.09. The standard InChI is InChI=1S/C30H21NO8/c32-18-7-10-22-25(14-18)38-26-15-19(33)8-11-23(26)30(22)21-9-6-17(13-20(21)29(37)39-30)27(34)31-24(28(35)36)12-16-4-2-1-3-5-16/h1-11,13-15,24,32-33H,12H2,(H,31,34)(H,35,36)/t24-/m0/s1. The first kappa shape index (κ1) is 24.1. The van der Waals surface area contributed by atoms with Gasteiger partial charge in [0.05, 0.1) is 5.56 Å². The molecule has 9 heteroatoms. The molecule has 194 valence electrons. The number of carbonyl (C=O) groups is 3. The molecule has 1 spiro atoms. The molecular weight excluding hydrogens is 502 g/mol. The summed E-state index contributed by atoms with van der Waals surface area (Å²) in [5.74, 6) is -2.19. The van der Waals surface area contributed by atoms with Crippen LogP contribution in [0.15, 0.2) is 84.9 Å². The van der Waals surface area contributed by atoms with Gasteiger partial charge in [-0.15, -0.1) is 0 Å². The van der Waals surface area contributed by atoms with Gasteiger partial charge in [-0.3, -0.25) is 4.79 Å². The number of carboxylic acid groups (broad SMARTS) is 1. The second-order valence-electron chi connectivity index (χ2n) is 9.35. The van der Waals surface area contributed by atoms with Crippen LogP contribution < -0.4 is 10.1 Å². The minimum absolute atomic E-state index is 0.0624. The summed E-state index contributed by atoms with van der Waals surface area (Å²) >= 11 is 0. The summed E-state index contributed by atoms with van der Waals surface area (Å²) in [6.07, 6.45) is 0.0886. The lowest BCUT2D eigenvalue weighted by atomic mass is 9.77.